The molecule has 1 aromatic carbocycles. The van der Waals surface area contributed by atoms with Crippen molar-refractivity contribution in [3.8, 4) is 5.75 Å². The van der Waals surface area contributed by atoms with Gasteiger partial charge in [0.1, 0.15) is 11.5 Å². The molecule has 2 aromatic rings. The number of anilines is 1. The second-order valence-corrected chi connectivity index (χ2v) is 6.44. The Hall–Kier alpha value is -2.87. The number of para-hydroxylation sites is 1. The van der Waals surface area contributed by atoms with Gasteiger partial charge in [0.25, 0.3) is 0 Å². The van der Waals surface area contributed by atoms with E-state index in [1.54, 1.807) is 13.0 Å². The quantitative estimate of drug-likeness (QED) is 0.793. The van der Waals surface area contributed by atoms with E-state index >= 15 is 0 Å². The van der Waals surface area contributed by atoms with E-state index in [4.69, 9.17) is 9.26 Å². The zero-order valence-electron chi connectivity index (χ0n) is 15.4. The first-order valence-electron chi connectivity index (χ1n) is 9.01. The van der Waals surface area contributed by atoms with Crippen LogP contribution in [0.1, 0.15) is 12.2 Å². The molecule has 0 spiro atoms. The van der Waals surface area contributed by atoms with Crippen LogP contribution in [0.2, 0.25) is 0 Å². The third-order valence-corrected chi connectivity index (χ3v) is 4.32. The Balaban J connectivity index is 1.34. The molecule has 1 aromatic heterocycles. The predicted octanol–water partition coefficient (Wildman–Crippen LogP) is 1.53. The van der Waals surface area contributed by atoms with Gasteiger partial charge in [0, 0.05) is 32.2 Å². The standard InChI is InChI=1S/C19H24N4O4/c1-15-13-17(21-27-15)20-18(24)14-22-8-10-23(11-9-22)19(25)7-12-26-16-5-3-2-4-6-16/h2-6,13H,7-12,14H2,1H3,(H,20,21,24). The third-order valence-electron chi connectivity index (χ3n) is 4.32. The van der Waals surface area contributed by atoms with Crippen molar-refractivity contribution in [1.29, 1.82) is 0 Å². The minimum absolute atomic E-state index is 0.0769. The van der Waals surface area contributed by atoms with Crippen LogP contribution in [-0.2, 0) is 9.59 Å². The lowest BCUT2D eigenvalue weighted by Gasteiger charge is -2.34. The predicted molar refractivity (Wildman–Crippen MR) is 99.4 cm³/mol. The number of amides is 2. The lowest BCUT2D eigenvalue weighted by molar-refractivity contribution is -0.133. The van der Waals surface area contributed by atoms with E-state index in [9.17, 15) is 9.59 Å². The number of piperazine rings is 1. The van der Waals surface area contributed by atoms with Gasteiger partial charge in [0.05, 0.1) is 19.6 Å². The zero-order valence-corrected chi connectivity index (χ0v) is 15.4. The summed E-state index contributed by atoms with van der Waals surface area (Å²) < 4.78 is 10.5. The SMILES string of the molecule is Cc1cc(NC(=O)CN2CCN(C(=O)CCOc3ccccc3)CC2)no1. The maximum absolute atomic E-state index is 12.3. The van der Waals surface area contributed by atoms with Gasteiger partial charge in [-0.3, -0.25) is 14.5 Å². The summed E-state index contributed by atoms with van der Waals surface area (Å²) in [6.45, 7) is 4.95. The highest BCUT2D eigenvalue weighted by Crippen LogP contribution is 2.10. The normalized spacial score (nSPS) is 14.8. The van der Waals surface area contributed by atoms with E-state index in [-0.39, 0.29) is 18.4 Å². The molecule has 1 fully saturated rings. The number of hydrogen-bond acceptors (Lipinski definition) is 6. The Bertz CT molecular complexity index is 754. The van der Waals surface area contributed by atoms with Crippen LogP contribution in [0.25, 0.3) is 0 Å². The molecule has 1 N–H and O–H groups in total. The summed E-state index contributed by atoms with van der Waals surface area (Å²) in [7, 11) is 0. The molecular formula is C19H24N4O4. The maximum Gasteiger partial charge on any atom is 0.239 e. The molecule has 1 saturated heterocycles. The summed E-state index contributed by atoms with van der Waals surface area (Å²) in [6, 6.07) is 11.1. The number of benzene rings is 1. The summed E-state index contributed by atoms with van der Waals surface area (Å²) in [5.74, 6) is 1.77. The highest BCUT2D eigenvalue weighted by molar-refractivity contribution is 5.91. The summed E-state index contributed by atoms with van der Waals surface area (Å²) in [4.78, 5) is 28.2. The zero-order chi connectivity index (χ0) is 19.1. The molecule has 0 radical (unpaired) electrons. The molecule has 27 heavy (non-hydrogen) atoms. The van der Waals surface area contributed by atoms with Crippen molar-refractivity contribution in [3.63, 3.8) is 0 Å². The van der Waals surface area contributed by atoms with Crippen molar-refractivity contribution in [2.45, 2.75) is 13.3 Å². The first-order chi connectivity index (χ1) is 13.1. The highest BCUT2D eigenvalue weighted by Gasteiger charge is 2.22. The molecule has 1 aliphatic rings. The van der Waals surface area contributed by atoms with Gasteiger partial charge >= 0.3 is 0 Å². The van der Waals surface area contributed by atoms with Crippen LogP contribution in [0.5, 0.6) is 5.75 Å². The smallest absolute Gasteiger partial charge is 0.239 e. The highest BCUT2D eigenvalue weighted by atomic mass is 16.5. The maximum atomic E-state index is 12.3. The van der Waals surface area contributed by atoms with E-state index in [0.717, 1.165) is 5.75 Å². The Morgan fingerprint density at radius 1 is 1.19 bits per heavy atom. The summed E-state index contributed by atoms with van der Waals surface area (Å²) in [5, 5.41) is 6.45. The van der Waals surface area contributed by atoms with Crippen molar-refractivity contribution in [3.05, 3.63) is 42.2 Å². The fourth-order valence-corrected chi connectivity index (χ4v) is 2.90. The Morgan fingerprint density at radius 3 is 2.59 bits per heavy atom. The minimum Gasteiger partial charge on any atom is -0.493 e. The molecule has 0 saturated carbocycles. The fraction of sp³-hybridized carbons (Fsp3) is 0.421. The van der Waals surface area contributed by atoms with Gasteiger partial charge in [-0.2, -0.15) is 0 Å². The number of nitrogens with one attached hydrogen (secondary N) is 1. The van der Waals surface area contributed by atoms with Gasteiger partial charge in [0.2, 0.25) is 11.8 Å². The first kappa shape index (κ1) is 18.9. The van der Waals surface area contributed by atoms with Crippen molar-refractivity contribution in [1.82, 2.24) is 15.0 Å². The molecule has 8 heteroatoms. The molecule has 0 unspecified atom stereocenters. The largest absolute Gasteiger partial charge is 0.493 e. The Labute approximate surface area is 158 Å². The summed E-state index contributed by atoms with van der Waals surface area (Å²) >= 11 is 0. The average Bonchev–Trinajstić information content (AvgIpc) is 3.07. The monoisotopic (exact) mass is 372 g/mol. The van der Waals surface area contributed by atoms with Crippen LogP contribution in [0.4, 0.5) is 5.82 Å². The molecule has 1 aliphatic heterocycles. The molecule has 3 rings (SSSR count). The number of aryl methyl sites for hydroxylation is 1. The van der Waals surface area contributed by atoms with E-state index in [2.05, 4.69) is 10.5 Å². The number of carbonyl (C=O) groups excluding carboxylic acids is 2. The topological polar surface area (TPSA) is 87.9 Å². The number of carbonyl (C=O) groups is 2. The summed E-state index contributed by atoms with van der Waals surface area (Å²) in [5.41, 5.74) is 0. The molecule has 144 valence electrons. The van der Waals surface area contributed by atoms with Crippen molar-refractivity contribution in [2.75, 3.05) is 44.6 Å². The number of aromatic nitrogens is 1. The molecule has 0 bridgehead atoms. The number of nitrogens with zero attached hydrogens (tertiary/aromatic N) is 3. The molecule has 0 aliphatic carbocycles. The Morgan fingerprint density at radius 2 is 1.93 bits per heavy atom. The average molecular weight is 372 g/mol. The molecular weight excluding hydrogens is 348 g/mol. The second-order valence-electron chi connectivity index (χ2n) is 6.44. The number of ether oxygens (including phenoxy) is 1. The summed E-state index contributed by atoms with van der Waals surface area (Å²) in [6.07, 6.45) is 0.348. The second kappa shape index (κ2) is 9.18. The van der Waals surface area contributed by atoms with Gasteiger partial charge in [-0.15, -0.1) is 0 Å². The lowest BCUT2D eigenvalue weighted by Crippen LogP contribution is -2.50. The van der Waals surface area contributed by atoms with Crippen LogP contribution >= 0.6 is 0 Å². The first-order valence-corrected chi connectivity index (χ1v) is 9.01. The van der Waals surface area contributed by atoms with Crippen LogP contribution < -0.4 is 10.1 Å². The van der Waals surface area contributed by atoms with Crippen LogP contribution in [0.3, 0.4) is 0 Å². The minimum atomic E-state index is -0.140. The number of hydrogen-bond donors (Lipinski definition) is 1. The molecule has 2 heterocycles. The van der Waals surface area contributed by atoms with Crippen LogP contribution in [-0.4, -0.2) is 66.1 Å². The van der Waals surface area contributed by atoms with Gasteiger partial charge in [-0.05, 0) is 19.1 Å². The van der Waals surface area contributed by atoms with Gasteiger partial charge < -0.3 is 19.5 Å². The van der Waals surface area contributed by atoms with Crippen molar-refractivity contribution < 1.29 is 18.8 Å². The molecule has 8 nitrogen and oxygen atoms in total. The number of rotatable bonds is 7. The van der Waals surface area contributed by atoms with Crippen LogP contribution in [0, 0.1) is 6.92 Å². The fourth-order valence-electron chi connectivity index (χ4n) is 2.90. The van der Waals surface area contributed by atoms with Gasteiger partial charge in [0.15, 0.2) is 5.82 Å². The van der Waals surface area contributed by atoms with Gasteiger partial charge in [-0.25, -0.2) is 0 Å². The van der Waals surface area contributed by atoms with Gasteiger partial charge in [-0.1, -0.05) is 23.4 Å². The van der Waals surface area contributed by atoms with Crippen molar-refractivity contribution >= 4 is 17.6 Å². The lowest BCUT2D eigenvalue weighted by atomic mass is 10.2. The van der Waals surface area contributed by atoms with Crippen molar-refractivity contribution in [2.24, 2.45) is 0 Å². The molecule has 2 amide bonds. The molecule has 0 atom stereocenters. The van der Waals surface area contributed by atoms with E-state index in [0.29, 0.717) is 50.8 Å². The van der Waals surface area contributed by atoms with E-state index < -0.39 is 0 Å². The van der Waals surface area contributed by atoms with E-state index in [1.165, 1.54) is 0 Å². The van der Waals surface area contributed by atoms with E-state index in [1.807, 2.05) is 40.1 Å². The third kappa shape index (κ3) is 5.82. The Kier molecular flexibility index (Phi) is 6.43. The van der Waals surface area contributed by atoms with Crippen LogP contribution in [0.15, 0.2) is 40.9 Å².